The lowest BCUT2D eigenvalue weighted by Crippen LogP contribution is -2.50. The van der Waals surface area contributed by atoms with Gasteiger partial charge in [0, 0.05) is 51.1 Å². The molecule has 3 rings (SSSR count). The molecule has 23 heavy (non-hydrogen) atoms. The molecule has 0 unspecified atom stereocenters. The largest absolute Gasteiger partial charge is 0.497 e. The molecule has 0 N–H and O–H groups in total. The molecule has 1 aromatic carbocycles. The van der Waals surface area contributed by atoms with Crippen molar-refractivity contribution in [2.24, 2.45) is 7.05 Å². The molecule has 1 fully saturated rings. The van der Waals surface area contributed by atoms with Crippen LogP contribution in [0, 0.1) is 0 Å². The fourth-order valence-electron chi connectivity index (χ4n) is 3.05. The van der Waals surface area contributed by atoms with Gasteiger partial charge in [-0.3, -0.25) is 9.59 Å². The van der Waals surface area contributed by atoms with E-state index in [-0.39, 0.29) is 11.8 Å². The molecule has 0 atom stereocenters. The smallest absolute Gasteiger partial charge is 0.270 e. The second-order valence-electron chi connectivity index (χ2n) is 5.81. The summed E-state index contributed by atoms with van der Waals surface area (Å²) < 4.78 is 7.15. The maximum atomic E-state index is 12.8. The summed E-state index contributed by atoms with van der Waals surface area (Å²) in [7, 11) is 3.53. The molecular weight excluding hydrogens is 294 g/mol. The van der Waals surface area contributed by atoms with Crippen molar-refractivity contribution in [2.45, 2.75) is 6.92 Å². The quantitative estimate of drug-likeness (QED) is 0.844. The molecule has 0 radical (unpaired) electrons. The molecule has 2 heterocycles. The van der Waals surface area contributed by atoms with Crippen molar-refractivity contribution in [3.8, 4) is 5.75 Å². The van der Waals surface area contributed by atoms with E-state index >= 15 is 0 Å². The average molecular weight is 315 g/mol. The van der Waals surface area contributed by atoms with Crippen LogP contribution in [0.4, 0.5) is 0 Å². The van der Waals surface area contributed by atoms with Crippen molar-refractivity contribution in [1.29, 1.82) is 0 Å². The van der Waals surface area contributed by atoms with Crippen LogP contribution in [0.15, 0.2) is 24.3 Å². The van der Waals surface area contributed by atoms with Gasteiger partial charge in [0.15, 0.2) is 0 Å². The van der Waals surface area contributed by atoms with Crippen LogP contribution in [0.25, 0.3) is 10.9 Å². The van der Waals surface area contributed by atoms with Gasteiger partial charge >= 0.3 is 0 Å². The molecule has 2 amide bonds. The van der Waals surface area contributed by atoms with Crippen LogP contribution in [0.3, 0.4) is 0 Å². The fourth-order valence-corrected chi connectivity index (χ4v) is 3.05. The highest BCUT2D eigenvalue weighted by atomic mass is 16.5. The molecule has 1 aromatic heterocycles. The van der Waals surface area contributed by atoms with Crippen LogP contribution in [0.5, 0.6) is 5.75 Å². The summed E-state index contributed by atoms with van der Waals surface area (Å²) in [6.07, 6.45) is 0. The minimum absolute atomic E-state index is 0.00543. The van der Waals surface area contributed by atoms with Crippen molar-refractivity contribution in [2.75, 3.05) is 33.3 Å². The highest BCUT2D eigenvalue weighted by Gasteiger charge is 2.25. The summed E-state index contributed by atoms with van der Waals surface area (Å²) in [6, 6.07) is 7.68. The normalized spacial score (nSPS) is 15.1. The van der Waals surface area contributed by atoms with Gasteiger partial charge in [-0.05, 0) is 24.3 Å². The fraction of sp³-hybridized carbons (Fsp3) is 0.412. The molecule has 0 spiro atoms. The van der Waals surface area contributed by atoms with Crippen molar-refractivity contribution in [3.05, 3.63) is 30.0 Å². The van der Waals surface area contributed by atoms with Gasteiger partial charge in [-0.25, -0.2) is 0 Å². The first kappa shape index (κ1) is 15.4. The Morgan fingerprint density at radius 1 is 1.04 bits per heavy atom. The number of benzene rings is 1. The Bertz CT molecular complexity index is 758. The summed E-state index contributed by atoms with van der Waals surface area (Å²) in [6.45, 7) is 3.90. The Kier molecular flexibility index (Phi) is 3.98. The molecule has 1 aliphatic rings. The number of fused-ring (bicyclic) bond motifs is 1. The number of aromatic nitrogens is 1. The summed E-state index contributed by atoms with van der Waals surface area (Å²) in [4.78, 5) is 27.8. The lowest BCUT2D eigenvalue weighted by atomic mass is 10.2. The van der Waals surface area contributed by atoms with E-state index in [1.165, 1.54) is 0 Å². The zero-order chi connectivity index (χ0) is 16.6. The zero-order valence-corrected chi connectivity index (χ0v) is 13.7. The van der Waals surface area contributed by atoms with E-state index in [9.17, 15) is 9.59 Å². The molecule has 6 heteroatoms. The number of piperazine rings is 1. The van der Waals surface area contributed by atoms with Crippen molar-refractivity contribution < 1.29 is 14.3 Å². The minimum Gasteiger partial charge on any atom is -0.497 e. The molecule has 2 aromatic rings. The van der Waals surface area contributed by atoms with E-state index in [0.29, 0.717) is 31.9 Å². The molecule has 1 aliphatic heterocycles. The van der Waals surface area contributed by atoms with Gasteiger partial charge in [0.25, 0.3) is 5.91 Å². The maximum Gasteiger partial charge on any atom is 0.270 e. The zero-order valence-electron chi connectivity index (χ0n) is 13.7. The van der Waals surface area contributed by atoms with E-state index in [1.807, 2.05) is 40.8 Å². The van der Waals surface area contributed by atoms with Crippen LogP contribution < -0.4 is 4.74 Å². The Labute approximate surface area is 135 Å². The van der Waals surface area contributed by atoms with E-state index in [4.69, 9.17) is 4.74 Å². The number of amides is 2. The molecule has 122 valence electrons. The van der Waals surface area contributed by atoms with Gasteiger partial charge in [0.1, 0.15) is 11.4 Å². The molecule has 0 aliphatic carbocycles. The predicted molar refractivity (Wildman–Crippen MR) is 87.6 cm³/mol. The molecule has 0 bridgehead atoms. The number of aryl methyl sites for hydroxylation is 1. The second kappa shape index (κ2) is 5.95. The number of hydrogen-bond acceptors (Lipinski definition) is 3. The molecule has 1 saturated heterocycles. The Morgan fingerprint density at radius 3 is 2.30 bits per heavy atom. The van der Waals surface area contributed by atoms with Crippen LogP contribution in [0.2, 0.25) is 0 Å². The highest BCUT2D eigenvalue weighted by Crippen LogP contribution is 2.24. The molecule has 6 nitrogen and oxygen atoms in total. The molecule has 0 saturated carbocycles. The van der Waals surface area contributed by atoms with Gasteiger partial charge < -0.3 is 19.1 Å². The summed E-state index contributed by atoms with van der Waals surface area (Å²) in [5.74, 6) is 0.844. The van der Waals surface area contributed by atoms with Gasteiger partial charge in [-0.15, -0.1) is 0 Å². The number of nitrogens with zero attached hydrogens (tertiary/aromatic N) is 3. The topological polar surface area (TPSA) is 54.8 Å². The lowest BCUT2D eigenvalue weighted by Gasteiger charge is -2.34. The Morgan fingerprint density at radius 2 is 1.70 bits per heavy atom. The first-order valence-corrected chi connectivity index (χ1v) is 7.69. The second-order valence-corrected chi connectivity index (χ2v) is 5.81. The van der Waals surface area contributed by atoms with Crippen molar-refractivity contribution in [3.63, 3.8) is 0 Å². The number of hydrogen-bond donors (Lipinski definition) is 0. The number of ether oxygens (including phenoxy) is 1. The van der Waals surface area contributed by atoms with E-state index in [0.717, 1.165) is 16.7 Å². The maximum absolute atomic E-state index is 12.8. The van der Waals surface area contributed by atoms with Gasteiger partial charge in [-0.1, -0.05) is 0 Å². The number of carbonyl (C=O) groups is 2. The standard InChI is InChI=1S/C17H21N3O3/c1-12(21)19-6-8-20(9-7-19)17(22)16-11-13-10-14(23-3)4-5-15(13)18(16)2/h4-5,10-11H,6-9H2,1-3H3. The predicted octanol–water partition coefficient (Wildman–Crippen LogP) is 1.49. The monoisotopic (exact) mass is 315 g/mol. The van der Waals surface area contributed by atoms with Gasteiger partial charge in [0.05, 0.1) is 7.11 Å². The van der Waals surface area contributed by atoms with Gasteiger partial charge in [0.2, 0.25) is 5.91 Å². The van der Waals surface area contributed by atoms with Crippen LogP contribution in [-0.2, 0) is 11.8 Å². The third-order valence-corrected chi connectivity index (χ3v) is 4.48. The van der Waals surface area contributed by atoms with Gasteiger partial charge in [-0.2, -0.15) is 0 Å². The summed E-state index contributed by atoms with van der Waals surface area (Å²) in [5, 5.41) is 0.984. The Balaban J connectivity index is 1.84. The Hall–Kier alpha value is -2.50. The number of rotatable bonds is 2. The first-order chi connectivity index (χ1) is 11.0. The summed E-state index contributed by atoms with van der Waals surface area (Å²) >= 11 is 0. The lowest BCUT2D eigenvalue weighted by molar-refractivity contribution is -0.130. The highest BCUT2D eigenvalue weighted by molar-refractivity contribution is 5.99. The van der Waals surface area contributed by atoms with Crippen molar-refractivity contribution >= 4 is 22.7 Å². The number of methoxy groups -OCH3 is 1. The van der Waals surface area contributed by atoms with E-state index in [2.05, 4.69) is 0 Å². The third kappa shape index (κ3) is 2.76. The van der Waals surface area contributed by atoms with Crippen LogP contribution in [0.1, 0.15) is 17.4 Å². The van der Waals surface area contributed by atoms with Crippen molar-refractivity contribution in [1.82, 2.24) is 14.4 Å². The number of carbonyl (C=O) groups excluding carboxylic acids is 2. The average Bonchev–Trinajstić information content (AvgIpc) is 2.90. The SMILES string of the molecule is COc1ccc2c(c1)cc(C(=O)N1CCN(C(C)=O)CC1)n2C. The third-order valence-electron chi connectivity index (χ3n) is 4.48. The van der Waals surface area contributed by atoms with Crippen LogP contribution >= 0.6 is 0 Å². The van der Waals surface area contributed by atoms with E-state index in [1.54, 1.807) is 18.9 Å². The molecular formula is C17H21N3O3. The van der Waals surface area contributed by atoms with Crippen LogP contribution in [-0.4, -0.2) is 59.5 Å². The summed E-state index contributed by atoms with van der Waals surface area (Å²) in [5.41, 5.74) is 1.65. The van der Waals surface area contributed by atoms with E-state index < -0.39 is 0 Å². The minimum atomic E-state index is 0.00543. The first-order valence-electron chi connectivity index (χ1n) is 7.69.